The van der Waals surface area contributed by atoms with Crippen molar-refractivity contribution >= 4 is 22.2 Å². The fourth-order valence-corrected chi connectivity index (χ4v) is 6.16. The van der Waals surface area contributed by atoms with Crippen LogP contribution in [0.4, 0.5) is 0 Å². The zero-order valence-corrected chi connectivity index (χ0v) is 17.6. The van der Waals surface area contributed by atoms with Crippen LogP contribution in [-0.2, 0) is 16.0 Å². The van der Waals surface area contributed by atoms with Crippen molar-refractivity contribution in [3.05, 3.63) is 23.5 Å². The van der Waals surface area contributed by atoms with Gasteiger partial charge < -0.3 is 14.7 Å². The SMILES string of the molecule is O=C(Cc1cn2ccsc2n1)N1CCC2(CC1)CC(O)CN(C1CCOCC1)C2. The van der Waals surface area contributed by atoms with Crippen LogP contribution in [0.1, 0.15) is 37.8 Å². The highest BCUT2D eigenvalue weighted by Crippen LogP contribution is 2.41. The van der Waals surface area contributed by atoms with Crippen LogP contribution in [0.3, 0.4) is 0 Å². The third-order valence-corrected chi connectivity index (χ3v) is 7.78. The first-order chi connectivity index (χ1) is 14.1. The lowest BCUT2D eigenvalue weighted by Gasteiger charge is -2.51. The molecule has 5 rings (SSSR count). The number of ether oxygens (including phenoxy) is 1. The van der Waals surface area contributed by atoms with Crippen LogP contribution in [0.15, 0.2) is 17.8 Å². The van der Waals surface area contributed by atoms with Crippen LogP contribution < -0.4 is 0 Å². The summed E-state index contributed by atoms with van der Waals surface area (Å²) in [6.45, 7) is 5.07. The van der Waals surface area contributed by atoms with Gasteiger partial charge in [0.1, 0.15) is 0 Å². The lowest BCUT2D eigenvalue weighted by Crippen LogP contribution is -2.57. The van der Waals surface area contributed by atoms with Crippen molar-refractivity contribution in [1.29, 1.82) is 0 Å². The maximum Gasteiger partial charge on any atom is 0.228 e. The van der Waals surface area contributed by atoms with Gasteiger partial charge in [-0.15, -0.1) is 11.3 Å². The Hall–Kier alpha value is -1.48. The topological polar surface area (TPSA) is 70.3 Å². The van der Waals surface area contributed by atoms with Crippen LogP contribution in [0.2, 0.25) is 0 Å². The van der Waals surface area contributed by atoms with Gasteiger partial charge in [0.2, 0.25) is 5.91 Å². The maximum absolute atomic E-state index is 12.8. The number of piperidine rings is 2. The largest absolute Gasteiger partial charge is 0.392 e. The Balaban J connectivity index is 1.19. The number of aliphatic hydroxyl groups is 1. The minimum absolute atomic E-state index is 0.143. The number of β-amino-alcohol motifs (C(OH)–C–C–N with tert-alkyl or cyclic N) is 1. The summed E-state index contributed by atoms with van der Waals surface area (Å²) < 4.78 is 7.50. The fraction of sp³-hybridized carbons (Fsp3) is 0.714. The number of hydrogen-bond acceptors (Lipinski definition) is 6. The van der Waals surface area contributed by atoms with Gasteiger partial charge in [-0.1, -0.05) is 0 Å². The Labute approximate surface area is 175 Å². The molecule has 0 saturated carbocycles. The molecule has 158 valence electrons. The Kier molecular flexibility index (Phi) is 5.36. The Morgan fingerprint density at radius 1 is 1.31 bits per heavy atom. The van der Waals surface area contributed by atoms with Gasteiger partial charge in [0.15, 0.2) is 4.96 Å². The normalized spacial score (nSPS) is 26.4. The molecule has 1 unspecified atom stereocenters. The number of nitrogens with zero attached hydrogens (tertiary/aromatic N) is 4. The summed E-state index contributed by atoms with van der Waals surface area (Å²) in [6, 6.07) is 0.532. The number of imidazole rings is 1. The van der Waals surface area contributed by atoms with Gasteiger partial charge in [0.25, 0.3) is 0 Å². The van der Waals surface area contributed by atoms with Crippen LogP contribution in [-0.4, -0.2) is 81.7 Å². The molecule has 5 heterocycles. The first-order valence-corrected chi connectivity index (χ1v) is 11.7. The van der Waals surface area contributed by atoms with E-state index in [1.54, 1.807) is 11.3 Å². The third kappa shape index (κ3) is 4.08. The maximum atomic E-state index is 12.8. The minimum atomic E-state index is -0.257. The van der Waals surface area contributed by atoms with E-state index in [1.165, 1.54) is 0 Å². The number of amides is 1. The molecule has 8 heteroatoms. The van der Waals surface area contributed by atoms with Crippen molar-refractivity contribution in [3.8, 4) is 0 Å². The van der Waals surface area contributed by atoms with E-state index >= 15 is 0 Å². The zero-order valence-electron chi connectivity index (χ0n) is 16.8. The molecule has 3 saturated heterocycles. The summed E-state index contributed by atoms with van der Waals surface area (Å²) >= 11 is 1.59. The molecule has 3 aliphatic heterocycles. The average molecular weight is 419 g/mol. The number of likely N-dealkylation sites (tertiary alicyclic amines) is 2. The summed E-state index contributed by atoms with van der Waals surface area (Å²) in [7, 11) is 0. The molecule has 29 heavy (non-hydrogen) atoms. The van der Waals surface area contributed by atoms with E-state index in [2.05, 4.69) is 9.88 Å². The zero-order chi connectivity index (χ0) is 19.8. The molecule has 3 fully saturated rings. The number of thiazole rings is 1. The van der Waals surface area contributed by atoms with Crippen LogP contribution in [0.5, 0.6) is 0 Å². The van der Waals surface area contributed by atoms with E-state index in [9.17, 15) is 9.90 Å². The first-order valence-electron chi connectivity index (χ1n) is 10.8. The van der Waals surface area contributed by atoms with Crippen molar-refractivity contribution in [1.82, 2.24) is 19.2 Å². The number of aromatic nitrogens is 2. The first kappa shape index (κ1) is 19.5. The Morgan fingerprint density at radius 3 is 2.86 bits per heavy atom. The molecule has 2 aromatic rings. The fourth-order valence-electron chi connectivity index (χ4n) is 5.44. The van der Waals surface area contributed by atoms with Crippen molar-refractivity contribution < 1.29 is 14.6 Å². The molecule has 0 radical (unpaired) electrons. The third-order valence-electron chi connectivity index (χ3n) is 7.01. The predicted molar refractivity (Wildman–Crippen MR) is 111 cm³/mol. The number of hydrogen-bond donors (Lipinski definition) is 1. The second kappa shape index (κ2) is 7.98. The molecule has 1 amide bonds. The Bertz CT molecular complexity index is 823. The number of carbonyl (C=O) groups is 1. The van der Waals surface area contributed by atoms with Crippen molar-refractivity contribution in [2.45, 2.75) is 50.7 Å². The molecule has 0 aromatic carbocycles. The van der Waals surface area contributed by atoms with E-state index in [0.717, 1.165) is 82.2 Å². The standard InChI is InChI=1S/C21H30N4O3S/c26-18-12-21(15-25(14-18)17-1-8-28-9-2-17)3-5-23(6-4-21)19(27)11-16-13-24-7-10-29-20(24)22-16/h7,10,13,17-18,26H,1-6,8-9,11-12,14-15H2. The van der Waals surface area contributed by atoms with Gasteiger partial charge >= 0.3 is 0 Å². The summed E-state index contributed by atoms with van der Waals surface area (Å²) in [6.07, 6.45) is 9.01. The van der Waals surface area contributed by atoms with E-state index < -0.39 is 0 Å². The van der Waals surface area contributed by atoms with E-state index in [0.29, 0.717) is 12.5 Å². The van der Waals surface area contributed by atoms with Crippen LogP contribution in [0.25, 0.3) is 4.96 Å². The molecule has 0 aliphatic carbocycles. The van der Waals surface area contributed by atoms with Gasteiger partial charge in [-0.05, 0) is 37.5 Å². The van der Waals surface area contributed by atoms with Gasteiger partial charge in [-0.25, -0.2) is 4.98 Å². The van der Waals surface area contributed by atoms with Crippen LogP contribution in [0, 0.1) is 5.41 Å². The lowest BCUT2D eigenvalue weighted by atomic mass is 9.71. The van der Waals surface area contributed by atoms with Gasteiger partial charge in [-0.3, -0.25) is 14.1 Å². The summed E-state index contributed by atoms with van der Waals surface area (Å²) in [5.41, 5.74) is 0.991. The smallest absolute Gasteiger partial charge is 0.228 e. The average Bonchev–Trinajstić information content (AvgIpc) is 3.30. The number of rotatable bonds is 3. The lowest BCUT2D eigenvalue weighted by molar-refractivity contribution is -0.135. The predicted octanol–water partition coefficient (Wildman–Crippen LogP) is 1.79. The molecule has 1 atom stereocenters. The van der Waals surface area contributed by atoms with E-state index in [4.69, 9.17) is 4.74 Å². The van der Waals surface area contributed by atoms with Crippen LogP contribution >= 0.6 is 11.3 Å². The monoisotopic (exact) mass is 418 g/mol. The molecule has 0 bridgehead atoms. The number of carbonyl (C=O) groups excluding carboxylic acids is 1. The molecule has 7 nitrogen and oxygen atoms in total. The van der Waals surface area contributed by atoms with Gasteiger partial charge in [-0.2, -0.15) is 0 Å². The highest BCUT2D eigenvalue weighted by molar-refractivity contribution is 7.15. The molecule has 3 aliphatic rings. The number of aliphatic hydroxyl groups excluding tert-OH is 1. The van der Waals surface area contributed by atoms with Crippen molar-refractivity contribution in [2.75, 3.05) is 39.4 Å². The highest BCUT2D eigenvalue weighted by atomic mass is 32.1. The molecular formula is C21H30N4O3S. The molecule has 1 N–H and O–H groups in total. The molecule has 1 spiro atoms. The molecular weight excluding hydrogens is 388 g/mol. The second-order valence-electron chi connectivity index (χ2n) is 9.01. The quantitative estimate of drug-likeness (QED) is 0.823. The van der Waals surface area contributed by atoms with E-state index in [-0.39, 0.29) is 17.4 Å². The number of fused-ring (bicyclic) bond motifs is 1. The van der Waals surface area contributed by atoms with E-state index in [1.807, 2.05) is 27.1 Å². The molecule has 2 aromatic heterocycles. The highest BCUT2D eigenvalue weighted by Gasteiger charge is 2.43. The minimum Gasteiger partial charge on any atom is -0.392 e. The second-order valence-corrected chi connectivity index (χ2v) is 9.89. The summed E-state index contributed by atoms with van der Waals surface area (Å²) in [5, 5.41) is 12.6. The summed E-state index contributed by atoms with van der Waals surface area (Å²) in [5.74, 6) is 0.170. The van der Waals surface area contributed by atoms with Gasteiger partial charge in [0, 0.05) is 63.2 Å². The summed E-state index contributed by atoms with van der Waals surface area (Å²) in [4.78, 5) is 22.8. The van der Waals surface area contributed by atoms with Gasteiger partial charge in [0.05, 0.1) is 18.2 Å². The Morgan fingerprint density at radius 2 is 2.10 bits per heavy atom. The van der Waals surface area contributed by atoms with Crippen molar-refractivity contribution in [2.24, 2.45) is 5.41 Å². The van der Waals surface area contributed by atoms with Crippen molar-refractivity contribution in [3.63, 3.8) is 0 Å².